The number of hydrogen-bond acceptors (Lipinski definition) is 2. The Morgan fingerprint density at radius 1 is 1.27 bits per heavy atom. The van der Waals surface area contributed by atoms with E-state index in [4.69, 9.17) is 4.74 Å². The summed E-state index contributed by atoms with van der Waals surface area (Å²) < 4.78 is 5.33. The molecule has 0 aromatic heterocycles. The van der Waals surface area contributed by atoms with Gasteiger partial charge in [-0.15, -0.1) is 0 Å². The van der Waals surface area contributed by atoms with Crippen molar-refractivity contribution in [3.63, 3.8) is 0 Å². The van der Waals surface area contributed by atoms with Gasteiger partial charge in [0.25, 0.3) is 0 Å². The molecule has 1 saturated heterocycles. The SMILES string of the molecule is O=C1OC2CCC3CC1CC32. The van der Waals surface area contributed by atoms with Crippen LogP contribution in [0.5, 0.6) is 0 Å². The minimum atomic E-state index is 0.0912. The third-order valence-electron chi connectivity index (χ3n) is 3.65. The Balaban J connectivity index is 1.98. The topological polar surface area (TPSA) is 26.3 Å². The molecule has 11 heavy (non-hydrogen) atoms. The van der Waals surface area contributed by atoms with Gasteiger partial charge in [-0.25, -0.2) is 0 Å². The van der Waals surface area contributed by atoms with Crippen molar-refractivity contribution in [1.29, 1.82) is 0 Å². The first kappa shape index (κ1) is 6.04. The molecule has 0 spiro atoms. The second-order valence-corrected chi connectivity index (χ2v) is 4.14. The normalized spacial score (nSPS) is 52.9. The van der Waals surface area contributed by atoms with Crippen molar-refractivity contribution in [2.24, 2.45) is 17.8 Å². The number of rotatable bonds is 0. The van der Waals surface area contributed by atoms with Crippen LogP contribution >= 0.6 is 0 Å². The van der Waals surface area contributed by atoms with Gasteiger partial charge in [-0.05, 0) is 37.5 Å². The van der Waals surface area contributed by atoms with Gasteiger partial charge in [-0.3, -0.25) is 4.79 Å². The second kappa shape index (κ2) is 1.79. The molecule has 3 fully saturated rings. The molecule has 0 aromatic carbocycles. The molecule has 0 aromatic rings. The third kappa shape index (κ3) is 0.652. The fourth-order valence-corrected chi connectivity index (χ4v) is 3.12. The number of carbonyl (C=O) groups is 1. The summed E-state index contributed by atoms with van der Waals surface area (Å²) in [5.74, 6) is 1.95. The fraction of sp³-hybridized carbons (Fsp3) is 0.889. The Bertz CT molecular complexity index is 210. The van der Waals surface area contributed by atoms with Crippen molar-refractivity contribution >= 4 is 5.97 Å². The zero-order valence-electron chi connectivity index (χ0n) is 6.45. The van der Waals surface area contributed by atoms with Gasteiger partial charge >= 0.3 is 5.97 Å². The van der Waals surface area contributed by atoms with Crippen molar-refractivity contribution in [3.05, 3.63) is 0 Å². The molecular formula is C9H12O2. The van der Waals surface area contributed by atoms with E-state index in [0.717, 1.165) is 31.1 Å². The molecule has 0 N–H and O–H groups in total. The van der Waals surface area contributed by atoms with Crippen LogP contribution in [0.4, 0.5) is 0 Å². The summed E-state index contributed by atoms with van der Waals surface area (Å²) in [6, 6.07) is 0. The number of esters is 1. The summed E-state index contributed by atoms with van der Waals surface area (Å²) in [5.41, 5.74) is 0. The molecule has 60 valence electrons. The van der Waals surface area contributed by atoms with E-state index in [2.05, 4.69) is 0 Å². The Hall–Kier alpha value is -0.530. The highest BCUT2D eigenvalue weighted by Crippen LogP contribution is 2.51. The predicted octanol–water partition coefficient (Wildman–Crippen LogP) is 1.35. The molecule has 3 rings (SSSR count). The number of ether oxygens (including phenoxy) is 1. The molecule has 2 heteroatoms. The predicted molar refractivity (Wildman–Crippen MR) is 38.8 cm³/mol. The summed E-state index contributed by atoms with van der Waals surface area (Å²) in [5, 5.41) is 0. The largest absolute Gasteiger partial charge is 0.462 e. The summed E-state index contributed by atoms with van der Waals surface area (Å²) in [7, 11) is 0. The number of fused-ring (bicyclic) bond motifs is 1. The van der Waals surface area contributed by atoms with Crippen LogP contribution in [0.2, 0.25) is 0 Å². The molecule has 2 saturated carbocycles. The summed E-state index contributed by atoms with van der Waals surface area (Å²) in [4.78, 5) is 11.2. The molecular weight excluding hydrogens is 140 g/mol. The van der Waals surface area contributed by atoms with Crippen molar-refractivity contribution < 1.29 is 9.53 Å². The van der Waals surface area contributed by atoms with E-state index in [9.17, 15) is 4.79 Å². The highest BCUT2D eigenvalue weighted by molar-refractivity contribution is 5.74. The fourth-order valence-electron chi connectivity index (χ4n) is 3.12. The highest BCUT2D eigenvalue weighted by atomic mass is 16.5. The van der Waals surface area contributed by atoms with E-state index in [1.165, 1.54) is 6.42 Å². The van der Waals surface area contributed by atoms with Gasteiger partial charge < -0.3 is 4.74 Å². The van der Waals surface area contributed by atoms with Gasteiger partial charge in [0.15, 0.2) is 0 Å². The molecule has 1 heterocycles. The molecule has 3 aliphatic rings. The van der Waals surface area contributed by atoms with E-state index in [0.29, 0.717) is 6.10 Å². The Labute approximate surface area is 65.9 Å². The Morgan fingerprint density at radius 3 is 3.09 bits per heavy atom. The maximum Gasteiger partial charge on any atom is 0.309 e. The molecule has 0 radical (unpaired) electrons. The lowest BCUT2D eigenvalue weighted by Crippen LogP contribution is -2.30. The summed E-state index contributed by atoms with van der Waals surface area (Å²) in [6.45, 7) is 0. The minimum absolute atomic E-state index is 0.0912. The first-order valence-corrected chi connectivity index (χ1v) is 4.55. The monoisotopic (exact) mass is 152 g/mol. The van der Waals surface area contributed by atoms with Gasteiger partial charge in [-0.2, -0.15) is 0 Å². The molecule has 0 amide bonds. The Morgan fingerprint density at radius 2 is 2.18 bits per heavy atom. The lowest BCUT2D eigenvalue weighted by atomic mass is 9.97. The summed E-state index contributed by atoms with van der Waals surface area (Å²) in [6.07, 6.45) is 5.01. The molecule has 2 aliphatic carbocycles. The minimum Gasteiger partial charge on any atom is -0.462 e. The number of hydrogen-bond donors (Lipinski definition) is 0. The van der Waals surface area contributed by atoms with E-state index >= 15 is 0 Å². The zero-order valence-corrected chi connectivity index (χ0v) is 6.45. The first-order chi connectivity index (χ1) is 5.34. The average molecular weight is 152 g/mol. The van der Waals surface area contributed by atoms with E-state index in [1.807, 2.05) is 0 Å². The van der Waals surface area contributed by atoms with Crippen molar-refractivity contribution in [3.8, 4) is 0 Å². The van der Waals surface area contributed by atoms with Gasteiger partial charge in [0.2, 0.25) is 0 Å². The highest BCUT2D eigenvalue weighted by Gasteiger charge is 2.51. The summed E-state index contributed by atoms with van der Waals surface area (Å²) >= 11 is 0. The van der Waals surface area contributed by atoms with Crippen molar-refractivity contribution in [1.82, 2.24) is 0 Å². The zero-order chi connectivity index (χ0) is 7.42. The molecule has 4 atom stereocenters. The van der Waals surface area contributed by atoms with E-state index in [1.54, 1.807) is 0 Å². The van der Waals surface area contributed by atoms with Gasteiger partial charge in [0.1, 0.15) is 6.10 Å². The average Bonchev–Trinajstić information content (AvgIpc) is 2.46. The first-order valence-electron chi connectivity index (χ1n) is 4.55. The van der Waals surface area contributed by atoms with E-state index in [-0.39, 0.29) is 11.9 Å². The third-order valence-corrected chi connectivity index (χ3v) is 3.65. The van der Waals surface area contributed by atoms with Crippen LogP contribution in [-0.2, 0) is 9.53 Å². The molecule has 2 bridgehead atoms. The number of carbonyl (C=O) groups excluding carboxylic acids is 1. The van der Waals surface area contributed by atoms with Gasteiger partial charge in [-0.1, -0.05) is 0 Å². The van der Waals surface area contributed by atoms with Crippen LogP contribution in [0.15, 0.2) is 0 Å². The van der Waals surface area contributed by atoms with Gasteiger partial charge in [0.05, 0.1) is 5.92 Å². The van der Waals surface area contributed by atoms with Crippen LogP contribution in [0.3, 0.4) is 0 Å². The van der Waals surface area contributed by atoms with Crippen LogP contribution in [0.1, 0.15) is 25.7 Å². The van der Waals surface area contributed by atoms with Crippen LogP contribution in [0.25, 0.3) is 0 Å². The molecule has 1 aliphatic heterocycles. The van der Waals surface area contributed by atoms with Gasteiger partial charge in [0, 0.05) is 0 Å². The van der Waals surface area contributed by atoms with Crippen LogP contribution in [0, 0.1) is 17.8 Å². The smallest absolute Gasteiger partial charge is 0.309 e. The Kier molecular flexibility index (Phi) is 0.984. The van der Waals surface area contributed by atoms with E-state index < -0.39 is 0 Å². The lowest BCUT2D eigenvalue weighted by molar-refractivity contribution is -0.160. The molecule has 2 nitrogen and oxygen atoms in total. The van der Waals surface area contributed by atoms with Crippen molar-refractivity contribution in [2.75, 3.05) is 0 Å². The quantitative estimate of drug-likeness (QED) is 0.490. The maximum atomic E-state index is 11.2. The maximum absolute atomic E-state index is 11.2. The van der Waals surface area contributed by atoms with Crippen LogP contribution < -0.4 is 0 Å². The standard InChI is InChI=1S/C9H12O2/c10-9-6-3-5-1-2-8(11-9)7(5)4-6/h5-8H,1-4H2. The molecule has 4 unspecified atom stereocenters. The van der Waals surface area contributed by atoms with Crippen LogP contribution in [-0.4, -0.2) is 12.1 Å². The lowest BCUT2D eigenvalue weighted by Gasteiger charge is -2.25. The van der Waals surface area contributed by atoms with Crippen molar-refractivity contribution in [2.45, 2.75) is 31.8 Å². The second-order valence-electron chi connectivity index (χ2n) is 4.14.